The molecule has 0 aromatic heterocycles. The van der Waals surface area contributed by atoms with Crippen molar-refractivity contribution in [2.75, 3.05) is 6.61 Å². The van der Waals surface area contributed by atoms with Crippen LogP contribution in [0.2, 0.25) is 5.02 Å². The zero-order valence-corrected chi connectivity index (χ0v) is 16.6. The molecule has 0 saturated heterocycles. The van der Waals surface area contributed by atoms with Gasteiger partial charge in [-0.2, -0.15) is 0 Å². The molecule has 2 rings (SSSR count). The topological polar surface area (TPSA) is 76.7 Å². The number of benzene rings is 2. The molecule has 2 amide bonds. The van der Waals surface area contributed by atoms with Crippen LogP contribution in [0.25, 0.3) is 0 Å². The smallest absolute Gasteiger partial charge is 0.276 e. The largest absolute Gasteiger partial charge is 0.491 e. The van der Waals surface area contributed by atoms with Crippen molar-refractivity contribution < 1.29 is 19.1 Å². The van der Waals surface area contributed by atoms with E-state index in [2.05, 4.69) is 26.8 Å². The average Bonchev–Trinajstić information content (AvgIpc) is 2.59. The zero-order valence-electron chi connectivity index (χ0n) is 14.2. The molecule has 0 unspecified atom stereocenters. The molecule has 0 aliphatic rings. The van der Waals surface area contributed by atoms with Crippen molar-refractivity contribution in [1.82, 2.24) is 10.9 Å². The van der Waals surface area contributed by atoms with E-state index >= 15 is 0 Å². The number of ether oxygens (including phenoxy) is 2. The first-order chi connectivity index (χ1) is 12.3. The van der Waals surface area contributed by atoms with Crippen LogP contribution in [0.3, 0.4) is 0 Å². The molecule has 0 atom stereocenters. The summed E-state index contributed by atoms with van der Waals surface area (Å²) in [5.41, 5.74) is 5.01. The highest BCUT2D eigenvalue weighted by molar-refractivity contribution is 9.10. The molecule has 0 spiro atoms. The molecule has 6 nitrogen and oxygen atoms in total. The van der Waals surface area contributed by atoms with Crippen LogP contribution in [0.5, 0.6) is 11.5 Å². The van der Waals surface area contributed by atoms with Gasteiger partial charge in [0.25, 0.3) is 11.8 Å². The predicted octanol–water partition coefficient (Wildman–Crippen LogP) is 3.73. The van der Waals surface area contributed by atoms with Crippen LogP contribution in [0.1, 0.15) is 24.2 Å². The van der Waals surface area contributed by atoms with Gasteiger partial charge in [0.1, 0.15) is 11.5 Å². The molecule has 0 aliphatic heterocycles. The first-order valence-corrected chi connectivity index (χ1v) is 8.96. The SMILES string of the molecule is CC(C)Oc1ccc(C(=O)NNC(=O)COc2ccc(Cl)cc2Br)cc1. The Morgan fingerprint density at radius 1 is 1.12 bits per heavy atom. The fraction of sp³-hybridized carbons (Fsp3) is 0.222. The minimum Gasteiger partial charge on any atom is -0.491 e. The van der Waals surface area contributed by atoms with Crippen molar-refractivity contribution in [3.05, 3.63) is 57.5 Å². The summed E-state index contributed by atoms with van der Waals surface area (Å²) in [6.07, 6.45) is 0.0506. The molecule has 0 saturated carbocycles. The van der Waals surface area contributed by atoms with Gasteiger partial charge in [-0.1, -0.05) is 11.6 Å². The highest BCUT2D eigenvalue weighted by Gasteiger charge is 2.10. The number of carbonyl (C=O) groups is 2. The van der Waals surface area contributed by atoms with Gasteiger partial charge >= 0.3 is 0 Å². The van der Waals surface area contributed by atoms with E-state index in [1.165, 1.54) is 0 Å². The van der Waals surface area contributed by atoms with Crippen molar-refractivity contribution in [2.45, 2.75) is 20.0 Å². The van der Waals surface area contributed by atoms with E-state index in [-0.39, 0.29) is 12.7 Å². The zero-order chi connectivity index (χ0) is 19.1. The predicted molar refractivity (Wildman–Crippen MR) is 102 cm³/mol. The fourth-order valence-electron chi connectivity index (χ4n) is 1.93. The van der Waals surface area contributed by atoms with Crippen molar-refractivity contribution in [1.29, 1.82) is 0 Å². The minimum atomic E-state index is -0.500. The number of amides is 2. The molecule has 138 valence electrons. The lowest BCUT2D eigenvalue weighted by Gasteiger charge is -2.11. The summed E-state index contributed by atoms with van der Waals surface area (Å²) in [4.78, 5) is 23.8. The third-order valence-electron chi connectivity index (χ3n) is 3.06. The second-order valence-corrected chi connectivity index (χ2v) is 6.85. The van der Waals surface area contributed by atoms with Gasteiger partial charge in [0, 0.05) is 10.6 Å². The average molecular weight is 442 g/mol. The monoisotopic (exact) mass is 440 g/mol. The summed E-state index contributed by atoms with van der Waals surface area (Å²) in [5.74, 6) is 0.196. The van der Waals surface area contributed by atoms with Crippen LogP contribution in [0.4, 0.5) is 0 Å². The van der Waals surface area contributed by atoms with E-state index in [4.69, 9.17) is 21.1 Å². The molecule has 2 aromatic carbocycles. The van der Waals surface area contributed by atoms with E-state index < -0.39 is 11.8 Å². The van der Waals surface area contributed by atoms with Crippen molar-refractivity contribution in [3.63, 3.8) is 0 Å². The number of hydrogen-bond donors (Lipinski definition) is 2. The molecular formula is C18H18BrClN2O4. The Bertz CT molecular complexity index is 781. The van der Waals surface area contributed by atoms with E-state index in [9.17, 15) is 9.59 Å². The van der Waals surface area contributed by atoms with E-state index in [0.29, 0.717) is 26.6 Å². The quantitative estimate of drug-likeness (QED) is 0.670. The maximum absolute atomic E-state index is 12.0. The number of hydrogen-bond acceptors (Lipinski definition) is 4. The van der Waals surface area contributed by atoms with Gasteiger partial charge in [-0.25, -0.2) is 0 Å². The van der Waals surface area contributed by atoms with E-state index in [1.54, 1.807) is 42.5 Å². The molecule has 0 radical (unpaired) electrons. The molecule has 0 heterocycles. The molecule has 8 heteroatoms. The van der Waals surface area contributed by atoms with E-state index in [1.807, 2.05) is 13.8 Å². The molecule has 0 fully saturated rings. The Labute approximate surface area is 164 Å². The number of hydrazine groups is 1. The number of nitrogens with one attached hydrogen (secondary N) is 2. The summed E-state index contributed by atoms with van der Waals surface area (Å²) in [6.45, 7) is 3.57. The standard InChI is InChI=1S/C18H18BrClN2O4/c1-11(2)26-14-6-3-12(4-7-14)18(24)22-21-17(23)10-25-16-8-5-13(20)9-15(16)19/h3-9,11H,10H2,1-2H3,(H,21,23)(H,22,24). The Kier molecular flexibility index (Phi) is 7.29. The first kappa shape index (κ1) is 20.1. The van der Waals surface area contributed by atoms with Crippen molar-refractivity contribution >= 4 is 39.3 Å². The van der Waals surface area contributed by atoms with Gasteiger partial charge in [-0.05, 0) is 72.2 Å². The van der Waals surface area contributed by atoms with Crippen LogP contribution >= 0.6 is 27.5 Å². The second-order valence-electron chi connectivity index (χ2n) is 5.56. The van der Waals surface area contributed by atoms with Crippen LogP contribution in [-0.4, -0.2) is 24.5 Å². The lowest BCUT2D eigenvalue weighted by molar-refractivity contribution is -0.123. The molecule has 26 heavy (non-hydrogen) atoms. The summed E-state index contributed by atoms with van der Waals surface area (Å²) in [6, 6.07) is 11.5. The first-order valence-electron chi connectivity index (χ1n) is 7.79. The van der Waals surface area contributed by atoms with Crippen molar-refractivity contribution in [2.24, 2.45) is 0 Å². The van der Waals surface area contributed by atoms with Crippen LogP contribution in [-0.2, 0) is 4.79 Å². The Hall–Kier alpha value is -2.25. The molecule has 2 N–H and O–H groups in total. The summed E-state index contributed by atoms with van der Waals surface area (Å²) in [5, 5.41) is 0.547. The Morgan fingerprint density at radius 2 is 1.81 bits per heavy atom. The lowest BCUT2D eigenvalue weighted by atomic mass is 10.2. The molecule has 0 bridgehead atoms. The van der Waals surface area contributed by atoms with Crippen molar-refractivity contribution in [3.8, 4) is 11.5 Å². The maximum Gasteiger partial charge on any atom is 0.276 e. The molecule has 0 aliphatic carbocycles. The van der Waals surface area contributed by atoms with Gasteiger partial charge in [-0.3, -0.25) is 20.4 Å². The summed E-state index contributed by atoms with van der Waals surface area (Å²) in [7, 11) is 0. The highest BCUT2D eigenvalue weighted by Crippen LogP contribution is 2.27. The molecule has 2 aromatic rings. The van der Waals surface area contributed by atoms with Crippen LogP contribution in [0, 0.1) is 0 Å². The maximum atomic E-state index is 12.0. The third-order valence-corrected chi connectivity index (χ3v) is 3.91. The summed E-state index contributed by atoms with van der Waals surface area (Å²) < 4.78 is 11.5. The number of rotatable bonds is 6. The fourth-order valence-corrected chi connectivity index (χ4v) is 2.72. The van der Waals surface area contributed by atoms with Crippen LogP contribution < -0.4 is 20.3 Å². The summed E-state index contributed by atoms with van der Waals surface area (Å²) >= 11 is 9.13. The lowest BCUT2D eigenvalue weighted by Crippen LogP contribution is -2.43. The minimum absolute atomic E-state index is 0.0506. The van der Waals surface area contributed by atoms with Crippen LogP contribution in [0.15, 0.2) is 46.9 Å². The second kappa shape index (κ2) is 9.45. The van der Waals surface area contributed by atoms with Gasteiger partial charge in [0.2, 0.25) is 0 Å². The third kappa shape index (κ3) is 6.24. The normalized spacial score (nSPS) is 10.3. The molecular weight excluding hydrogens is 424 g/mol. The van der Waals surface area contributed by atoms with Gasteiger partial charge < -0.3 is 9.47 Å². The van der Waals surface area contributed by atoms with E-state index in [0.717, 1.165) is 0 Å². The van der Waals surface area contributed by atoms with Gasteiger partial charge in [-0.15, -0.1) is 0 Å². The van der Waals surface area contributed by atoms with Gasteiger partial charge in [0.05, 0.1) is 10.6 Å². The highest BCUT2D eigenvalue weighted by atomic mass is 79.9. The Balaban J connectivity index is 1.80. The number of halogens is 2. The Morgan fingerprint density at radius 3 is 2.42 bits per heavy atom. The van der Waals surface area contributed by atoms with Gasteiger partial charge in [0.15, 0.2) is 6.61 Å². The number of carbonyl (C=O) groups excluding carboxylic acids is 2.